The molecule has 1 aromatic rings. The van der Waals surface area contributed by atoms with Crippen molar-refractivity contribution in [3.8, 4) is 0 Å². The second-order valence-corrected chi connectivity index (χ2v) is 3.94. The molecule has 0 saturated heterocycles. The zero-order chi connectivity index (χ0) is 9.68. The maximum Gasteiger partial charge on any atom is 0.0542 e. The number of hydrogen-bond acceptors (Lipinski definition) is 2. The number of pyridine rings is 1. The first kappa shape index (κ1) is 10.4. The van der Waals surface area contributed by atoms with Gasteiger partial charge in [-0.15, -0.1) is 0 Å². The van der Waals surface area contributed by atoms with Crippen LogP contribution in [0.2, 0.25) is 0 Å². The number of aromatic nitrogens is 1. The van der Waals surface area contributed by atoms with Gasteiger partial charge in [-0.05, 0) is 35.0 Å². The summed E-state index contributed by atoms with van der Waals surface area (Å²) < 4.78 is 1.01. The molecule has 0 aromatic carbocycles. The van der Waals surface area contributed by atoms with E-state index >= 15 is 0 Å². The van der Waals surface area contributed by atoms with E-state index in [1.807, 2.05) is 19.1 Å². The van der Waals surface area contributed by atoms with Crippen molar-refractivity contribution in [3.05, 3.63) is 40.6 Å². The Morgan fingerprint density at radius 2 is 2.38 bits per heavy atom. The van der Waals surface area contributed by atoms with E-state index in [9.17, 15) is 0 Å². The zero-order valence-corrected chi connectivity index (χ0v) is 9.26. The predicted octanol–water partition coefficient (Wildman–Crippen LogP) is 2.51. The second kappa shape index (κ2) is 5.14. The lowest BCUT2D eigenvalue weighted by Gasteiger charge is -2.03. The van der Waals surface area contributed by atoms with Crippen molar-refractivity contribution in [3.63, 3.8) is 0 Å². The van der Waals surface area contributed by atoms with Crippen molar-refractivity contribution >= 4 is 15.9 Å². The highest BCUT2D eigenvalue weighted by Crippen LogP contribution is 2.06. The number of halogens is 1. The Hall–Kier alpha value is -0.670. The van der Waals surface area contributed by atoms with E-state index in [4.69, 9.17) is 0 Å². The number of nitrogens with zero attached hydrogens (tertiary/aromatic N) is 1. The Bertz CT molecular complexity index is 279. The molecular weight excluding hydrogens is 228 g/mol. The lowest BCUT2D eigenvalue weighted by Crippen LogP contribution is -2.15. The van der Waals surface area contributed by atoms with Gasteiger partial charge >= 0.3 is 0 Å². The van der Waals surface area contributed by atoms with E-state index in [0.717, 1.165) is 28.8 Å². The first-order valence-electron chi connectivity index (χ1n) is 4.14. The Morgan fingerprint density at radius 1 is 1.62 bits per heavy atom. The van der Waals surface area contributed by atoms with Crippen LogP contribution in [-0.4, -0.2) is 11.5 Å². The third-order valence-electron chi connectivity index (χ3n) is 1.52. The van der Waals surface area contributed by atoms with Crippen LogP contribution in [0.15, 0.2) is 35.0 Å². The third kappa shape index (κ3) is 4.20. The predicted molar refractivity (Wildman–Crippen MR) is 58.5 cm³/mol. The fourth-order valence-electron chi connectivity index (χ4n) is 0.915. The van der Waals surface area contributed by atoms with Crippen LogP contribution in [0.1, 0.15) is 12.6 Å². The minimum atomic E-state index is 0.792. The number of rotatable bonds is 4. The highest BCUT2D eigenvalue weighted by Gasteiger charge is 1.93. The van der Waals surface area contributed by atoms with Gasteiger partial charge in [-0.25, -0.2) is 0 Å². The molecule has 0 saturated carbocycles. The van der Waals surface area contributed by atoms with Crippen molar-refractivity contribution in [2.45, 2.75) is 13.5 Å². The average molecular weight is 241 g/mol. The number of nitrogens with one attached hydrogen (secondary N) is 1. The van der Waals surface area contributed by atoms with Gasteiger partial charge in [0, 0.05) is 23.8 Å². The van der Waals surface area contributed by atoms with Gasteiger partial charge in [0.2, 0.25) is 0 Å². The normalized spacial score (nSPS) is 10.0. The van der Waals surface area contributed by atoms with Crippen LogP contribution in [0, 0.1) is 0 Å². The second-order valence-electron chi connectivity index (χ2n) is 3.03. The molecule has 0 radical (unpaired) electrons. The van der Waals surface area contributed by atoms with Crippen LogP contribution in [0.4, 0.5) is 0 Å². The number of hydrogen-bond donors (Lipinski definition) is 1. The maximum atomic E-state index is 4.24. The lowest BCUT2D eigenvalue weighted by atomic mass is 10.3. The first-order chi connectivity index (χ1) is 6.18. The molecule has 0 aliphatic heterocycles. The molecule has 0 unspecified atom stereocenters. The van der Waals surface area contributed by atoms with E-state index in [2.05, 4.69) is 32.8 Å². The quantitative estimate of drug-likeness (QED) is 0.819. The molecule has 0 fully saturated rings. The summed E-state index contributed by atoms with van der Waals surface area (Å²) in [7, 11) is 0. The molecule has 1 aromatic heterocycles. The minimum absolute atomic E-state index is 0.792. The summed E-state index contributed by atoms with van der Waals surface area (Å²) in [5.41, 5.74) is 2.18. The molecule has 1 heterocycles. The van der Waals surface area contributed by atoms with Crippen molar-refractivity contribution in [1.82, 2.24) is 10.3 Å². The molecule has 0 bridgehead atoms. The molecule has 70 valence electrons. The van der Waals surface area contributed by atoms with Crippen LogP contribution in [0.5, 0.6) is 0 Å². The summed E-state index contributed by atoms with van der Waals surface area (Å²) >= 11 is 3.34. The molecule has 0 aliphatic carbocycles. The summed E-state index contributed by atoms with van der Waals surface area (Å²) in [6.07, 6.45) is 1.80. The molecule has 0 aliphatic rings. The summed E-state index contributed by atoms with van der Waals surface area (Å²) in [5, 5.41) is 3.24. The maximum absolute atomic E-state index is 4.24. The van der Waals surface area contributed by atoms with Gasteiger partial charge in [0.1, 0.15) is 0 Å². The summed E-state index contributed by atoms with van der Waals surface area (Å²) in [5.74, 6) is 0. The van der Waals surface area contributed by atoms with Gasteiger partial charge in [-0.3, -0.25) is 4.98 Å². The van der Waals surface area contributed by atoms with Crippen molar-refractivity contribution in [2.75, 3.05) is 6.54 Å². The van der Waals surface area contributed by atoms with Gasteiger partial charge in [0.05, 0.1) is 5.69 Å². The van der Waals surface area contributed by atoms with Gasteiger partial charge in [-0.2, -0.15) is 0 Å². The van der Waals surface area contributed by atoms with E-state index in [1.165, 1.54) is 0 Å². The molecule has 3 heteroatoms. The van der Waals surface area contributed by atoms with Gasteiger partial charge in [-0.1, -0.05) is 12.2 Å². The molecule has 0 spiro atoms. The van der Waals surface area contributed by atoms with E-state index in [0.29, 0.717) is 0 Å². The fraction of sp³-hybridized carbons (Fsp3) is 0.300. The van der Waals surface area contributed by atoms with Crippen molar-refractivity contribution in [1.29, 1.82) is 0 Å². The Balaban J connectivity index is 2.37. The van der Waals surface area contributed by atoms with Crippen LogP contribution >= 0.6 is 15.9 Å². The Morgan fingerprint density at radius 3 is 2.92 bits per heavy atom. The summed E-state index contributed by atoms with van der Waals surface area (Å²) in [4.78, 5) is 4.24. The van der Waals surface area contributed by atoms with Crippen LogP contribution in [0.3, 0.4) is 0 Å². The van der Waals surface area contributed by atoms with E-state index in [1.54, 1.807) is 6.20 Å². The Kier molecular flexibility index (Phi) is 4.12. The molecular formula is C10H13BrN2. The zero-order valence-electron chi connectivity index (χ0n) is 7.68. The molecule has 13 heavy (non-hydrogen) atoms. The highest BCUT2D eigenvalue weighted by atomic mass is 79.9. The van der Waals surface area contributed by atoms with Gasteiger partial charge in [0.25, 0.3) is 0 Å². The monoisotopic (exact) mass is 240 g/mol. The largest absolute Gasteiger partial charge is 0.307 e. The SMILES string of the molecule is C=C(C)CNCc1ccc(Br)cn1. The first-order valence-corrected chi connectivity index (χ1v) is 4.93. The van der Waals surface area contributed by atoms with Crippen LogP contribution < -0.4 is 5.32 Å². The van der Waals surface area contributed by atoms with Crippen molar-refractivity contribution in [2.24, 2.45) is 0 Å². The standard InChI is InChI=1S/C10H13BrN2/c1-8(2)5-12-7-10-4-3-9(11)6-13-10/h3-4,6,12H,1,5,7H2,2H3. The smallest absolute Gasteiger partial charge is 0.0542 e. The van der Waals surface area contributed by atoms with E-state index < -0.39 is 0 Å². The summed E-state index contributed by atoms with van der Waals surface area (Å²) in [6.45, 7) is 7.45. The molecule has 1 rings (SSSR count). The summed E-state index contributed by atoms with van der Waals surface area (Å²) in [6, 6.07) is 3.99. The molecule has 2 nitrogen and oxygen atoms in total. The highest BCUT2D eigenvalue weighted by molar-refractivity contribution is 9.10. The van der Waals surface area contributed by atoms with Crippen molar-refractivity contribution < 1.29 is 0 Å². The third-order valence-corrected chi connectivity index (χ3v) is 1.99. The Labute approximate surface area is 87.2 Å². The molecule has 0 atom stereocenters. The van der Waals surface area contributed by atoms with Gasteiger partial charge < -0.3 is 5.32 Å². The van der Waals surface area contributed by atoms with Crippen LogP contribution in [0.25, 0.3) is 0 Å². The van der Waals surface area contributed by atoms with Crippen LogP contribution in [-0.2, 0) is 6.54 Å². The van der Waals surface area contributed by atoms with E-state index in [-0.39, 0.29) is 0 Å². The van der Waals surface area contributed by atoms with Gasteiger partial charge in [0.15, 0.2) is 0 Å². The topological polar surface area (TPSA) is 24.9 Å². The average Bonchev–Trinajstić information content (AvgIpc) is 2.08. The fourth-order valence-corrected chi connectivity index (χ4v) is 1.15. The minimum Gasteiger partial charge on any atom is -0.307 e. The lowest BCUT2D eigenvalue weighted by molar-refractivity contribution is 0.723. The molecule has 0 amide bonds. The molecule has 1 N–H and O–H groups in total.